The zero-order valence-corrected chi connectivity index (χ0v) is 26.3. The number of benzene rings is 1. The average molecular weight is 592 g/mol. The van der Waals surface area contributed by atoms with Gasteiger partial charge in [-0.05, 0) is 62.1 Å². The van der Waals surface area contributed by atoms with Crippen LogP contribution < -0.4 is 5.32 Å². The number of aromatic nitrogens is 1. The second kappa shape index (κ2) is 12.1. The van der Waals surface area contributed by atoms with E-state index in [0.29, 0.717) is 28.6 Å². The Hall–Kier alpha value is -3.30. The molecule has 0 bridgehead atoms. The van der Waals surface area contributed by atoms with E-state index in [9.17, 15) is 14.4 Å². The van der Waals surface area contributed by atoms with E-state index in [1.165, 1.54) is 18.4 Å². The van der Waals surface area contributed by atoms with Gasteiger partial charge in [-0.3, -0.25) is 14.7 Å². The maximum atomic E-state index is 13.8. The number of pyridine rings is 1. The lowest BCUT2D eigenvalue weighted by atomic mass is 9.72. The van der Waals surface area contributed by atoms with Crippen molar-refractivity contribution in [2.75, 3.05) is 25.5 Å². The number of nitrogens with zero attached hydrogens (tertiary/aromatic N) is 2. The van der Waals surface area contributed by atoms with Crippen molar-refractivity contribution in [3.8, 4) is 0 Å². The highest BCUT2D eigenvalue weighted by Gasteiger charge is 2.35. The van der Waals surface area contributed by atoms with Gasteiger partial charge in [-0.1, -0.05) is 45.9 Å². The van der Waals surface area contributed by atoms with Crippen molar-refractivity contribution >= 4 is 45.1 Å². The molecular formula is C33H41N3O5S. The molecule has 9 heteroatoms. The molecule has 0 saturated carbocycles. The lowest BCUT2D eigenvalue weighted by Gasteiger charge is -2.33. The molecule has 3 heterocycles. The van der Waals surface area contributed by atoms with Gasteiger partial charge in [0.15, 0.2) is 6.10 Å². The molecule has 224 valence electrons. The summed E-state index contributed by atoms with van der Waals surface area (Å²) in [6, 6.07) is 7.57. The number of amides is 1. The quantitative estimate of drug-likeness (QED) is 0.328. The second-order valence-corrected chi connectivity index (χ2v) is 13.6. The fourth-order valence-electron chi connectivity index (χ4n) is 6.20. The number of methoxy groups -OCH3 is 1. The van der Waals surface area contributed by atoms with Crippen LogP contribution in [0.15, 0.2) is 24.3 Å². The Morgan fingerprint density at radius 2 is 1.88 bits per heavy atom. The van der Waals surface area contributed by atoms with Gasteiger partial charge in [0.05, 0.1) is 23.8 Å². The van der Waals surface area contributed by atoms with Crippen molar-refractivity contribution in [2.45, 2.75) is 79.4 Å². The number of fused-ring (bicyclic) bond motifs is 3. The zero-order chi connectivity index (χ0) is 30.2. The minimum Gasteiger partial charge on any atom is -0.465 e. The van der Waals surface area contributed by atoms with Crippen LogP contribution in [0.1, 0.15) is 89.9 Å². The Morgan fingerprint density at radius 1 is 1.12 bits per heavy atom. The Balaban J connectivity index is 1.40. The van der Waals surface area contributed by atoms with Crippen LogP contribution in [-0.4, -0.2) is 54.0 Å². The maximum Gasteiger partial charge on any atom is 0.341 e. The molecule has 42 heavy (non-hydrogen) atoms. The number of anilines is 1. The monoisotopic (exact) mass is 591 g/mol. The first kappa shape index (κ1) is 30.2. The van der Waals surface area contributed by atoms with E-state index in [-0.39, 0.29) is 5.41 Å². The molecule has 0 fully saturated rings. The highest BCUT2D eigenvalue weighted by atomic mass is 32.1. The van der Waals surface area contributed by atoms with Crippen molar-refractivity contribution in [3.05, 3.63) is 57.1 Å². The number of ether oxygens (including phenoxy) is 2. The molecule has 8 nitrogen and oxygen atoms in total. The van der Waals surface area contributed by atoms with Gasteiger partial charge in [0, 0.05) is 41.0 Å². The predicted molar refractivity (Wildman–Crippen MR) is 165 cm³/mol. The zero-order valence-electron chi connectivity index (χ0n) is 25.5. The number of carbonyl (C=O) groups excluding carboxylic acids is 3. The summed E-state index contributed by atoms with van der Waals surface area (Å²) in [7, 11) is 1.35. The molecule has 2 aliphatic rings. The van der Waals surface area contributed by atoms with Gasteiger partial charge in [0.25, 0.3) is 5.91 Å². The second-order valence-electron chi connectivity index (χ2n) is 12.5. The normalized spacial score (nSPS) is 17.7. The van der Waals surface area contributed by atoms with Crippen molar-refractivity contribution in [2.24, 2.45) is 11.3 Å². The topological polar surface area (TPSA) is 97.8 Å². The van der Waals surface area contributed by atoms with Crippen molar-refractivity contribution < 1.29 is 23.9 Å². The molecule has 1 N–H and O–H groups in total. The molecular weight excluding hydrogens is 550 g/mol. The van der Waals surface area contributed by atoms with Crippen molar-refractivity contribution in [1.29, 1.82) is 0 Å². The third-order valence-corrected chi connectivity index (χ3v) is 9.81. The van der Waals surface area contributed by atoms with Crippen LogP contribution in [0.5, 0.6) is 0 Å². The molecule has 0 radical (unpaired) electrons. The van der Waals surface area contributed by atoms with Gasteiger partial charge >= 0.3 is 11.9 Å². The van der Waals surface area contributed by atoms with E-state index in [4.69, 9.17) is 14.5 Å². The molecule has 1 amide bonds. The lowest BCUT2D eigenvalue weighted by Crippen LogP contribution is -2.34. The molecule has 1 aliphatic carbocycles. The number of thiophene rings is 1. The summed E-state index contributed by atoms with van der Waals surface area (Å²) in [6.07, 6.45) is 3.27. The largest absolute Gasteiger partial charge is 0.465 e. The molecule has 1 aromatic carbocycles. The first-order valence-electron chi connectivity index (χ1n) is 14.9. The van der Waals surface area contributed by atoms with Crippen LogP contribution in [0.3, 0.4) is 0 Å². The minimum absolute atomic E-state index is 0.142. The summed E-state index contributed by atoms with van der Waals surface area (Å²) >= 11 is 1.42. The molecule has 5 rings (SSSR count). The first-order valence-corrected chi connectivity index (χ1v) is 15.7. The van der Waals surface area contributed by atoms with Crippen LogP contribution in [0.2, 0.25) is 0 Å². The van der Waals surface area contributed by atoms with E-state index in [2.05, 4.69) is 37.9 Å². The molecule has 1 aliphatic heterocycles. The summed E-state index contributed by atoms with van der Waals surface area (Å²) in [5.41, 5.74) is 4.52. The third kappa shape index (κ3) is 5.95. The van der Waals surface area contributed by atoms with Crippen LogP contribution >= 0.6 is 11.3 Å². The summed E-state index contributed by atoms with van der Waals surface area (Å²) in [4.78, 5) is 48.3. The Bertz CT molecular complexity index is 1520. The van der Waals surface area contributed by atoms with E-state index in [1.807, 2.05) is 24.3 Å². The number of hydrogen-bond acceptors (Lipinski definition) is 8. The molecule has 2 aromatic heterocycles. The molecule has 0 saturated heterocycles. The van der Waals surface area contributed by atoms with Gasteiger partial charge in [0.2, 0.25) is 0 Å². The first-order chi connectivity index (χ1) is 20.0. The fraction of sp³-hybridized carbons (Fsp3) is 0.515. The van der Waals surface area contributed by atoms with Gasteiger partial charge in [0.1, 0.15) is 5.00 Å². The molecule has 0 spiro atoms. The third-order valence-electron chi connectivity index (χ3n) is 8.64. The van der Waals surface area contributed by atoms with Crippen LogP contribution in [-0.2, 0) is 40.1 Å². The van der Waals surface area contributed by atoms with E-state index in [1.54, 1.807) is 6.92 Å². The summed E-state index contributed by atoms with van der Waals surface area (Å²) in [5.74, 6) is -1.02. The van der Waals surface area contributed by atoms with Gasteiger partial charge in [-0.25, -0.2) is 9.59 Å². The molecule has 3 aromatic rings. The van der Waals surface area contributed by atoms with E-state index < -0.39 is 23.9 Å². The highest BCUT2D eigenvalue weighted by Crippen LogP contribution is 2.44. The number of para-hydroxylation sites is 1. The maximum absolute atomic E-state index is 13.8. The SMILES string of the molecule is CCCN1CCc2nc3ccccc3c(C(=O)OC(C)C(=O)Nc3sc4c(c3C(=O)OC)CCC(C(C)(C)C)C4)c2C1. The van der Waals surface area contributed by atoms with E-state index in [0.717, 1.165) is 77.8 Å². The Kier molecular flexibility index (Phi) is 8.71. The number of rotatable bonds is 7. The number of hydrogen-bond donors (Lipinski definition) is 1. The smallest absolute Gasteiger partial charge is 0.341 e. The number of nitrogens with one attached hydrogen (secondary N) is 1. The van der Waals surface area contributed by atoms with Crippen LogP contribution in [0.4, 0.5) is 5.00 Å². The summed E-state index contributed by atoms with van der Waals surface area (Å²) < 4.78 is 10.9. The molecule has 2 unspecified atom stereocenters. The Labute approximate surface area is 251 Å². The summed E-state index contributed by atoms with van der Waals surface area (Å²) in [6.45, 7) is 12.9. The minimum atomic E-state index is -1.08. The average Bonchev–Trinajstić information content (AvgIpc) is 3.32. The fourth-order valence-corrected chi connectivity index (χ4v) is 7.52. The van der Waals surface area contributed by atoms with Crippen molar-refractivity contribution in [1.82, 2.24) is 9.88 Å². The van der Waals surface area contributed by atoms with Gasteiger partial charge in [-0.2, -0.15) is 0 Å². The van der Waals surface area contributed by atoms with Crippen molar-refractivity contribution in [3.63, 3.8) is 0 Å². The van der Waals surface area contributed by atoms with Gasteiger partial charge < -0.3 is 14.8 Å². The lowest BCUT2D eigenvalue weighted by molar-refractivity contribution is -0.123. The van der Waals surface area contributed by atoms with Crippen LogP contribution in [0.25, 0.3) is 10.9 Å². The standard InChI is InChI=1S/C33H41N3O5S/c1-7-15-36-16-14-25-23(18-36)27(21-10-8-9-11-24(21)34-25)32(39)41-19(2)29(37)35-30-28(31(38)40-6)22-13-12-20(33(3,4)5)17-26(22)42-30/h8-11,19-20H,7,12-18H2,1-6H3,(H,35,37). The predicted octanol–water partition coefficient (Wildman–Crippen LogP) is 6.19. The summed E-state index contributed by atoms with van der Waals surface area (Å²) in [5, 5.41) is 4.07. The number of esters is 2. The van der Waals surface area contributed by atoms with Gasteiger partial charge in [-0.15, -0.1) is 11.3 Å². The highest BCUT2D eigenvalue weighted by molar-refractivity contribution is 7.17. The molecule has 2 atom stereocenters. The Morgan fingerprint density at radius 3 is 2.60 bits per heavy atom. The van der Waals surface area contributed by atoms with Crippen LogP contribution in [0, 0.1) is 11.3 Å². The van der Waals surface area contributed by atoms with E-state index >= 15 is 0 Å². The number of carbonyl (C=O) groups is 3.